The second kappa shape index (κ2) is 5.42. The largest absolute Gasteiger partial charge is 0.338 e. The Morgan fingerprint density at radius 3 is 3.13 bits per heavy atom. The number of hydrogen-bond donors (Lipinski definition) is 1. The van der Waals surface area contributed by atoms with Crippen LogP contribution < -0.4 is 5.32 Å². The highest BCUT2D eigenvalue weighted by Gasteiger charge is 2.22. The van der Waals surface area contributed by atoms with E-state index in [9.17, 15) is 9.18 Å². The number of carbonyl (C=O) groups is 1. The molecule has 5 nitrogen and oxygen atoms in total. The Morgan fingerprint density at radius 1 is 1.39 bits per heavy atom. The number of nitrogens with zero attached hydrogens (tertiary/aromatic N) is 3. The number of aryl methyl sites for hydroxylation is 1. The Bertz CT molecular complexity index is 914. The van der Waals surface area contributed by atoms with Gasteiger partial charge in [0.15, 0.2) is 0 Å². The molecule has 0 saturated heterocycles. The summed E-state index contributed by atoms with van der Waals surface area (Å²) in [6.07, 6.45) is 1.80. The Labute approximate surface area is 136 Å². The summed E-state index contributed by atoms with van der Waals surface area (Å²) in [7, 11) is 1.83. The van der Waals surface area contributed by atoms with Gasteiger partial charge < -0.3 is 9.88 Å². The van der Waals surface area contributed by atoms with Crippen molar-refractivity contribution in [1.29, 1.82) is 0 Å². The molecule has 0 atom stereocenters. The summed E-state index contributed by atoms with van der Waals surface area (Å²) in [4.78, 5) is 12.4. The Morgan fingerprint density at radius 2 is 2.26 bits per heavy atom. The minimum absolute atomic E-state index is 0.139. The highest BCUT2D eigenvalue weighted by Crippen LogP contribution is 2.34. The van der Waals surface area contributed by atoms with Crippen LogP contribution in [0.5, 0.6) is 0 Å². The maximum atomic E-state index is 13.4. The first-order valence-electron chi connectivity index (χ1n) is 7.28. The molecule has 118 valence electrons. The predicted octanol–water partition coefficient (Wildman–Crippen LogP) is 2.90. The molecule has 7 heteroatoms. The van der Waals surface area contributed by atoms with Gasteiger partial charge in [0.2, 0.25) is 5.91 Å². The maximum absolute atomic E-state index is 13.4. The van der Waals surface area contributed by atoms with Gasteiger partial charge in [-0.1, -0.05) is 0 Å². The molecule has 1 aliphatic rings. The van der Waals surface area contributed by atoms with Crippen LogP contribution in [0.3, 0.4) is 0 Å². The molecule has 0 radical (unpaired) electrons. The second-order valence-corrected chi connectivity index (χ2v) is 6.57. The third-order valence-electron chi connectivity index (χ3n) is 4.02. The van der Waals surface area contributed by atoms with E-state index in [1.165, 1.54) is 12.1 Å². The van der Waals surface area contributed by atoms with Crippen molar-refractivity contribution >= 4 is 34.4 Å². The summed E-state index contributed by atoms with van der Waals surface area (Å²) in [6, 6.07) is 6.45. The third kappa shape index (κ3) is 2.50. The highest BCUT2D eigenvalue weighted by atomic mass is 32.2. The molecule has 3 heterocycles. The van der Waals surface area contributed by atoms with Crippen molar-refractivity contribution in [2.24, 2.45) is 7.05 Å². The van der Waals surface area contributed by atoms with Crippen LogP contribution >= 0.6 is 11.8 Å². The summed E-state index contributed by atoms with van der Waals surface area (Å²) >= 11 is 1.79. The zero-order valence-corrected chi connectivity index (χ0v) is 13.4. The minimum Gasteiger partial charge on any atom is -0.338 e. The van der Waals surface area contributed by atoms with Crippen molar-refractivity contribution in [2.45, 2.75) is 18.1 Å². The smallest absolute Gasteiger partial charge is 0.245 e. The Hall–Kier alpha value is -2.28. The number of halogens is 1. The van der Waals surface area contributed by atoms with Crippen LogP contribution in [0, 0.1) is 5.82 Å². The SMILES string of the molecule is Cn1nc2c(c1NC(=O)Cn1ccc3ccc(F)cc31)CSC2. The van der Waals surface area contributed by atoms with Crippen LogP contribution in [0.2, 0.25) is 0 Å². The van der Waals surface area contributed by atoms with Crippen LogP contribution in [0.15, 0.2) is 30.5 Å². The van der Waals surface area contributed by atoms with E-state index in [-0.39, 0.29) is 18.3 Å². The quantitative estimate of drug-likeness (QED) is 0.803. The summed E-state index contributed by atoms with van der Waals surface area (Å²) < 4.78 is 16.9. The minimum atomic E-state index is -0.306. The van der Waals surface area contributed by atoms with E-state index in [1.54, 1.807) is 33.3 Å². The van der Waals surface area contributed by atoms with Gasteiger partial charge in [0.05, 0.1) is 11.2 Å². The Balaban J connectivity index is 1.57. The summed E-state index contributed by atoms with van der Waals surface area (Å²) in [6.45, 7) is 0.139. The molecule has 0 unspecified atom stereocenters. The lowest BCUT2D eigenvalue weighted by atomic mass is 10.2. The van der Waals surface area contributed by atoms with Gasteiger partial charge in [-0.05, 0) is 29.7 Å². The topological polar surface area (TPSA) is 51.9 Å². The number of aromatic nitrogens is 3. The number of carbonyl (C=O) groups excluding carboxylic acids is 1. The van der Waals surface area contributed by atoms with Crippen LogP contribution in [0.1, 0.15) is 11.3 Å². The fourth-order valence-electron chi connectivity index (χ4n) is 2.92. The zero-order chi connectivity index (χ0) is 16.0. The molecule has 1 aliphatic heterocycles. The second-order valence-electron chi connectivity index (χ2n) is 5.59. The average molecular weight is 330 g/mol. The first-order valence-corrected chi connectivity index (χ1v) is 8.44. The number of hydrogen-bond acceptors (Lipinski definition) is 3. The van der Waals surface area contributed by atoms with E-state index in [2.05, 4.69) is 10.4 Å². The van der Waals surface area contributed by atoms with E-state index in [4.69, 9.17) is 0 Å². The fraction of sp³-hybridized carbons (Fsp3) is 0.250. The molecule has 0 saturated carbocycles. The Kier molecular flexibility index (Phi) is 3.37. The van der Waals surface area contributed by atoms with Crippen molar-refractivity contribution in [3.8, 4) is 0 Å². The van der Waals surface area contributed by atoms with E-state index in [0.717, 1.165) is 34.0 Å². The molecule has 1 N–H and O–H groups in total. The van der Waals surface area contributed by atoms with Crippen LogP contribution in [0.4, 0.5) is 10.2 Å². The predicted molar refractivity (Wildman–Crippen MR) is 88.7 cm³/mol. The highest BCUT2D eigenvalue weighted by molar-refractivity contribution is 7.98. The first kappa shape index (κ1) is 14.3. The lowest BCUT2D eigenvalue weighted by Gasteiger charge is -2.09. The summed E-state index contributed by atoms with van der Waals surface area (Å²) in [5.41, 5.74) is 2.86. The van der Waals surface area contributed by atoms with Crippen molar-refractivity contribution in [3.63, 3.8) is 0 Å². The lowest BCUT2D eigenvalue weighted by molar-refractivity contribution is -0.116. The van der Waals surface area contributed by atoms with Gasteiger partial charge >= 0.3 is 0 Å². The van der Waals surface area contributed by atoms with Gasteiger partial charge in [0.1, 0.15) is 18.2 Å². The van der Waals surface area contributed by atoms with Crippen molar-refractivity contribution < 1.29 is 9.18 Å². The van der Waals surface area contributed by atoms with Crippen molar-refractivity contribution in [2.75, 3.05) is 5.32 Å². The molecule has 4 rings (SSSR count). The number of anilines is 1. The molecular formula is C16H15FN4OS. The molecule has 23 heavy (non-hydrogen) atoms. The summed E-state index contributed by atoms with van der Waals surface area (Å²) in [5, 5.41) is 8.28. The van der Waals surface area contributed by atoms with Crippen LogP contribution in [-0.4, -0.2) is 20.3 Å². The van der Waals surface area contributed by atoms with Gasteiger partial charge in [-0.15, -0.1) is 0 Å². The fourth-order valence-corrected chi connectivity index (χ4v) is 3.95. The zero-order valence-electron chi connectivity index (χ0n) is 12.5. The molecule has 2 aromatic heterocycles. The normalized spacial score (nSPS) is 13.5. The molecular weight excluding hydrogens is 315 g/mol. The molecule has 3 aromatic rings. The van der Waals surface area contributed by atoms with Gasteiger partial charge in [0.25, 0.3) is 0 Å². The molecule has 0 bridgehead atoms. The van der Waals surface area contributed by atoms with E-state index in [1.807, 2.05) is 13.1 Å². The number of fused-ring (bicyclic) bond motifs is 2. The monoisotopic (exact) mass is 330 g/mol. The number of rotatable bonds is 3. The first-order chi connectivity index (χ1) is 11.1. The average Bonchev–Trinajstić information content (AvgIpc) is 3.18. The van der Waals surface area contributed by atoms with Crippen LogP contribution in [-0.2, 0) is 29.9 Å². The number of nitrogens with one attached hydrogen (secondary N) is 1. The summed E-state index contributed by atoms with van der Waals surface area (Å²) in [5.74, 6) is 2.07. The van der Waals surface area contributed by atoms with Gasteiger partial charge in [0, 0.05) is 30.3 Å². The molecule has 0 fully saturated rings. The van der Waals surface area contributed by atoms with Crippen molar-refractivity contribution in [1.82, 2.24) is 14.3 Å². The molecule has 0 aliphatic carbocycles. The standard InChI is InChI=1S/C16H15FN4OS/c1-20-16(12-8-23-9-13(12)19-20)18-15(22)7-21-5-4-10-2-3-11(17)6-14(10)21/h2-6H,7-9H2,1H3,(H,18,22). The van der Waals surface area contributed by atoms with E-state index in [0.29, 0.717) is 5.52 Å². The van der Waals surface area contributed by atoms with Gasteiger partial charge in [-0.2, -0.15) is 16.9 Å². The van der Waals surface area contributed by atoms with E-state index < -0.39 is 0 Å². The lowest BCUT2D eigenvalue weighted by Crippen LogP contribution is -2.20. The van der Waals surface area contributed by atoms with Gasteiger partial charge in [-0.3, -0.25) is 9.48 Å². The maximum Gasteiger partial charge on any atom is 0.245 e. The number of benzene rings is 1. The molecule has 1 amide bonds. The van der Waals surface area contributed by atoms with E-state index >= 15 is 0 Å². The molecule has 1 aromatic carbocycles. The number of thioether (sulfide) groups is 1. The third-order valence-corrected chi connectivity index (χ3v) is 4.99. The van der Waals surface area contributed by atoms with Crippen molar-refractivity contribution in [3.05, 3.63) is 47.5 Å². The number of amides is 1. The van der Waals surface area contributed by atoms with Gasteiger partial charge in [-0.25, -0.2) is 4.39 Å². The molecule has 0 spiro atoms. The van der Waals surface area contributed by atoms with Crippen LogP contribution in [0.25, 0.3) is 10.9 Å².